The van der Waals surface area contributed by atoms with E-state index >= 15 is 0 Å². The zero-order valence-corrected chi connectivity index (χ0v) is 18.4. The summed E-state index contributed by atoms with van der Waals surface area (Å²) in [6, 6.07) is 4.45. The minimum atomic E-state index is -0.753. The van der Waals surface area contributed by atoms with Gasteiger partial charge in [-0.15, -0.1) is 11.3 Å². The van der Waals surface area contributed by atoms with Crippen LogP contribution in [0.15, 0.2) is 24.4 Å². The zero-order valence-electron chi connectivity index (χ0n) is 17.6. The molecule has 2 aromatic rings. The molecule has 4 rings (SSSR count). The topological polar surface area (TPSA) is 126 Å². The average molecular weight is 458 g/mol. The summed E-state index contributed by atoms with van der Waals surface area (Å²) in [5.74, 6) is -1.77. The van der Waals surface area contributed by atoms with Crippen molar-refractivity contribution in [2.75, 3.05) is 18.4 Å². The Morgan fingerprint density at radius 2 is 2.12 bits per heavy atom. The number of fused-ring (bicyclic) bond motifs is 1. The number of anilines is 1. The van der Waals surface area contributed by atoms with Gasteiger partial charge in [0.2, 0.25) is 5.91 Å². The molecule has 0 saturated carbocycles. The Morgan fingerprint density at radius 1 is 1.31 bits per heavy atom. The number of thiazole rings is 1. The van der Waals surface area contributed by atoms with Crippen LogP contribution >= 0.6 is 11.3 Å². The Morgan fingerprint density at radius 3 is 2.88 bits per heavy atom. The Balaban J connectivity index is 1.33. The van der Waals surface area contributed by atoms with Crippen molar-refractivity contribution in [3.8, 4) is 0 Å². The van der Waals surface area contributed by atoms with E-state index in [1.165, 1.54) is 48.8 Å². The van der Waals surface area contributed by atoms with E-state index < -0.39 is 22.4 Å². The van der Waals surface area contributed by atoms with Crippen molar-refractivity contribution in [1.82, 2.24) is 14.8 Å². The predicted octanol–water partition coefficient (Wildman–Crippen LogP) is 3.05. The molecule has 1 aromatic heterocycles. The first-order valence-electron chi connectivity index (χ1n) is 10.5. The highest BCUT2D eigenvalue weighted by atomic mass is 32.1. The molecule has 1 saturated heterocycles. The van der Waals surface area contributed by atoms with Crippen molar-refractivity contribution in [2.45, 2.75) is 45.2 Å². The van der Waals surface area contributed by atoms with Gasteiger partial charge in [-0.2, -0.15) is 0 Å². The first-order chi connectivity index (χ1) is 15.3. The third kappa shape index (κ3) is 4.39. The molecule has 2 aliphatic rings. The molecule has 11 heteroatoms. The molecule has 3 heterocycles. The fourth-order valence-electron chi connectivity index (χ4n) is 4.10. The fourth-order valence-corrected chi connectivity index (χ4v) is 4.95. The number of aromatic nitrogens is 1. The monoisotopic (exact) mass is 457 g/mol. The minimum absolute atomic E-state index is 0.0129. The van der Waals surface area contributed by atoms with Crippen LogP contribution in [0, 0.1) is 10.1 Å². The number of imide groups is 1. The van der Waals surface area contributed by atoms with Gasteiger partial charge in [0.25, 0.3) is 17.5 Å². The van der Waals surface area contributed by atoms with Crippen LogP contribution < -0.4 is 5.32 Å². The maximum atomic E-state index is 12.6. The molecular weight excluding hydrogens is 434 g/mol. The third-order valence-electron chi connectivity index (χ3n) is 5.84. The average Bonchev–Trinajstić information content (AvgIpc) is 3.30. The number of hydrogen-bond acceptors (Lipinski definition) is 8. The van der Waals surface area contributed by atoms with Gasteiger partial charge in [-0.25, -0.2) is 4.98 Å². The van der Waals surface area contributed by atoms with E-state index in [2.05, 4.69) is 22.1 Å². The van der Waals surface area contributed by atoms with E-state index in [4.69, 9.17) is 0 Å². The van der Waals surface area contributed by atoms with E-state index in [1.54, 1.807) is 6.20 Å². The summed E-state index contributed by atoms with van der Waals surface area (Å²) < 4.78 is 0. The Kier molecular flexibility index (Phi) is 6.28. The van der Waals surface area contributed by atoms with Crippen LogP contribution in [0.2, 0.25) is 0 Å². The van der Waals surface area contributed by atoms with Gasteiger partial charge in [0.1, 0.15) is 5.56 Å². The minimum Gasteiger partial charge on any atom is -0.302 e. The number of carbonyl (C=O) groups is 3. The summed E-state index contributed by atoms with van der Waals surface area (Å²) in [7, 11) is 0. The summed E-state index contributed by atoms with van der Waals surface area (Å²) in [5, 5.41) is 14.4. The van der Waals surface area contributed by atoms with Crippen molar-refractivity contribution in [3.63, 3.8) is 0 Å². The van der Waals surface area contributed by atoms with E-state index in [0.29, 0.717) is 11.2 Å². The number of amides is 3. The molecule has 1 fully saturated rings. The second-order valence-electron chi connectivity index (χ2n) is 7.96. The van der Waals surface area contributed by atoms with Crippen LogP contribution in [0.5, 0.6) is 0 Å². The van der Waals surface area contributed by atoms with Crippen LogP contribution in [0.3, 0.4) is 0 Å². The molecule has 1 unspecified atom stereocenters. The predicted molar refractivity (Wildman–Crippen MR) is 118 cm³/mol. The van der Waals surface area contributed by atoms with Crippen LogP contribution in [0.1, 0.15) is 58.2 Å². The van der Waals surface area contributed by atoms with Crippen molar-refractivity contribution in [3.05, 3.63) is 50.5 Å². The van der Waals surface area contributed by atoms with Gasteiger partial charge in [-0.1, -0.05) is 12.5 Å². The van der Waals surface area contributed by atoms with Crippen LogP contribution in [0.25, 0.3) is 0 Å². The quantitative estimate of drug-likeness (QED) is 0.385. The number of likely N-dealkylation sites (tertiary alicyclic amines) is 1. The molecule has 10 nitrogen and oxygen atoms in total. The molecule has 0 aliphatic carbocycles. The van der Waals surface area contributed by atoms with Gasteiger partial charge in [-0.05, 0) is 32.4 Å². The number of rotatable bonds is 7. The second-order valence-corrected chi connectivity index (χ2v) is 9.08. The number of carbonyl (C=O) groups excluding carboxylic acids is 3. The molecule has 2 aliphatic heterocycles. The SMILES string of the molecule is CC1CCCCN1Cc1cnc(NC(=O)CCN2C(=O)c3cccc([N+](=O)[O-])c3C2=O)s1. The van der Waals surface area contributed by atoms with Crippen LogP contribution in [0.4, 0.5) is 10.8 Å². The molecular formula is C21H23N5O5S. The number of nitro groups is 1. The molecule has 3 amide bonds. The zero-order chi connectivity index (χ0) is 22.8. The number of nitro benzene ring substituents is 1. The maximum Gasteiger partial charge on any atom is 0.282 e. The second kappa shape index (κ2) is 9.13. The standard InChI is InChI=1S/C21H23N5O5S/c1-13-5-2-3-9-24(13)12-14-11-22-21(32-14)23-17(27)8-10-25-19(28)15-6-4-7-16(26(30)31)18(15)20(25)29/h4,6-7,11,13H,2-3,5,8-10,12H2,1H3,(H,22,23,27). The van der Waals surface area contributed by atoms with Crippen molar-refractivity contribution < 1.29 is 19.3 Å². The van der Waals surface area contributed by atoms with E-state index in [0.717, 1.165) is 22.9 Å². The van der Waals surface area contributed by atoms with Crippen LogP contribution in [-0.2, 0) is 11.3 Å². The van der Waals surface area contributed by atoms with Gasteiger partial charge < -0.3 is 5.32 Å². The summed E-state index contributed by atoms with van der Waals surface area (Å²) in [5.41, 5.74) is -0.647. The molecule has 1 aromatic carbocycles. The van der Waals surface area contributed by atoms with Crippen molar-refractivity contribution in [2.24, 2.45) is 0 Å². The molecule has 32 heavy (non-hydrogen) atoms. The summed E-state index contributed by atoms with van der Waals surface area (Å²) in [6.07, 6.45) is 5.25. The van der Waals surface area contributed by atoms with Gasteiger partial charge in [0.05, 0.1) is 10.5 Å². The van der Waals surface area contributed by atoms with Gasteiger partial charge in [-0.3, -0.25) is 34.3 Å². The number of hydrogen-bond donors (Lipinski definition) is 1. The van der Waals surface area contributed by atoms with Crippen molar-refractivity contribution in [1.29, 1.82) is 0 Å². The largest absolute Gasteiger partial charge is 0.302 e. The number of nitrogens with zero attached hydrogens (tertiary/aromatic N) is 4. The maximum absolute atomic E-state index is 12.6. The highest BCUT2D eigenvalue weighted by Crippen LogP contribution is 2.31. The lowest BCUT2D eigenvalue weighted by Gasteiger charge is -2.32. The lowest BCUT2D eigenvalue weighted by atomic mass is 10.0. The summed E-state index contributed by atoms with van der Waals surface area (Å²) in [6.45, 7) is 3.90. The van der Waals surface area contributed by atoms with Gasteiger partial charge in [0.15, 0.2) is 5.13 Å². The molecule has 1 atom stereocenters. The third-order valence-corrected chi connectivity index (χ3v) is 6.73. The Labute approximate surface area is 188 Å². The lowest BCUT2D eigenvalue weighted by Crippen LogP contribution is -2.36. The van der Waals surface area contributed by atoms with Crippen molar-refractivity contribution >= 4 is 39.9 Å². The van der Waals surface area contributed by atoms with E-state index in [9.17, 15) is 24.5 Å². The molecule has 0 spiro atoms. The highest BCUT2D eigenvalue weighted by molar-refractivity contribution is 7.15. The van der Waals surface area contributed by atoms with E-state index in [-0.39, 0.29) is 30.0 Å². The molecule has 0 bridgehead atoms. The fraction of sp³-hybridized carbons (Fsp3) is 0.429. The van der Waals surface area contributed by atoms with Gasteiger partial charge >= 0.3 is 0 Å². The first kappa shape index (κ1) is 22.0. The molecule has 168 valence electrons. The molecule has 0 radical (unpaired) electrons. The van der Waals surface area contributed by atoms with Gasteiger partial charge in [0, 0.05) is 42.7 Å². The number of piperidine rings is 1. The Hall–Kier alpha value is -3.18. The molecule has 1 N–H and O–H groups in total. The number of nitrogens with one attached hydrogen (secondary N) is 1. The van der Waals surface area contributed by atoms with Crippen LogP contribution in [-0.4, -0.2) is 56.6 Å². The lowest BCUT2D eigenvalue weighted by molar-refractivity contribution is -0.385. The summed E-state index contributed by atoms with van der Waals surface area (Å²) >= 11 is 1.40. The number of benzene rings is 1. The summed E-state index contributed by atoms with van der Waals surface area (Å²) in [4.78, 5) is 56.5. The van der Waals surface area contributed by atoms with E-state index in [1.807, 2.05) is 0 Å². The smallest absolute Gasteiger partial charge is 0.282 e. The Bertz CT molecular complexity index is 1080. The normalized spacial score (nSPS) is 18.7. The first-order valence-corrected chi connectivity index (χ1v) is 11.3. The highest BCUT2D eigenvalue weighted by Gasteiger charge is 2.40.